The second kappa shape index (κ2) is 8.50. The topological polar surface area (TPSA) is 95.6 Å². The fraction of sp³-hybridized carbons (Fsp3) is 0.200. The predicted molar refractivity (Wildman–Crippen MR) is 118 cm³/mol. The Kier molecular flexibility index (Phi) is 5.57. The van der Waals surface area contributed by atoms with E-state index in [-0.39, 0.29) is 23.8 Å². The number of amides is 1. The molecule has 3 aromatic rings. The summed E-state index contributed by atoms with van der Waals surface area (Å²) < 4.78 is 19.2. The summed E-state index contributed by atoms with van der Waals surface area (Å²) in [5.74, 6) is 0.417. The van der Waals surface area contributed by atoms with Crippen molar-refractivity contribution >= 4 is 44.5 Å². The molecule has 0 radical (unpaired) electrons. The number of thioether (sulfide) groups is 1. The Balaban J connectivity index is 1.37. The van der Waals surface area contributed by atoms with Crippen molar-refractivity contribution in [3.8, 4) is 11.4 Å². The lowest BCUT2D eigenvalue weighted by molar-refractivity contribution is -0.121. The monoisotopic (exact) mass is 502 g/mol. The van der Waals surface area contributed by atoms with E-state index in [4.69, 9.17) is 9.52 Å². The quantitative estimate of drug-likeness (QED) is 0.564. The molecule has 3 heterocycles. The van der Waals surface area contributed by atoms with E-state index < -0.39 is 0 Å². The smallest absolute Gasteiger partial charge is 0.241 e. The molecule has 0 spiro atoms. The molecule has 2 N–H and O–H groups in total. The second-order valence-corrected chi connectivity index (χ2v) is 8.72. The summed E-state index contributed by atoms with van der Waals surface area (Å²) in [7, 11) is 0. The van der Waals surface area contributed by atoms with Crippen molar-refractivity contribution in [2.75, 3.05) is 11.4 Å². The number of hydrogen-bond donors (Lipinski definition) is 2. The summed E-state index contributed by atoms with van der Waals surface area (Å²) >= 11 is 4.50. The molecule has 31 heavy (non-hydrogen) atoms. The average Bonchev–Trinajstić information content (AvgIpc) is 3.45. The second-order valence-electron chi connectivity index (χ2n) is 6.93. The molecule has 1 aromatic heterocycles. The highest BCUT2D eigenvalue weighted by Gasteiger charge is 2.42. The largest absolute Gasteiger partial charge is 0.338 e. The molecule has 2 atom stereocenters. The summed E-state index contributed by atoms with van der Waals surface area (Å²) in [5.41, 5.74) is 7.43. The van der Waals surface area contributed by atoms with Crippen LogP contribution in [-0.2, 0) is 10.5 Å². The van der Waals surface area contributed by atoms with Gasteiger partial charge in [0, 0.05) is 12.1 Å². The first-order chi connectivity index (χ1) is 15.1. The third kappa shape index (κ3) is 4.01. The fourth-order valence-corrected chi connectivity index (χ4v) is 4.64. The maximum Gasteiger partial charge on any atom is 0.241 e. The zero-order valence-corrected chi connectivity index (χ0v) is 18.4. The number of amidine groups is 1. The number of nitrogens with one attached hydrogen (secondary N) is 2. The molecule has 158 valence electrons. The van der Waals surface area contributed by atoms with Crippen LogP contribution in [0.15, 0.2) is 62.5 Å². The lowest BCUT2D eigenvalue weighted by atomic mass is 10.1. The standard InChI is InChI=1S/C20H16BrFN6O2S/c21-14-8-11(6-7-15(14)22)17-24-16(30-27-17)10-31-20-25-18-13(9-23-26-18)19(29)28(20)12-4-2-1-3-5-12/h1-8,13,18,23,26H,9-10H2. The molecule has 1 fully saturated rings. The molecule has 0 bridgehead atoms. The van der Waals surface area contributed by atoms with Crippen LogP contribution in [0.4, 0.5) is 10.1 Å². The predicted octanol–water partition coefficient (Wildman–Crippen LogP) is 3.32. The van der Waals surface area contributed by atoms with E-state index in [1.165, 1.54) is 17.8 Å². The Morgan fingerprint density at radius 3 is 2.90 bits per heavy atom. The van der Waals surface area contributed by atoms with Crippen LogP contribution in [0, 0.1) is 11.7 Å². The summed E-state index contributed by atoms with van der Waals surface area (Å²) in [4.78, 5) is 23.9. The highest BCUT2D eigenvalue weighted by molar-refractivity contribution is 9.10. The molecule has 2 unspecified atom stereocenters. The molecule has 2 aromatic carbocycles. The number of rotatable bonds is 4. The molecule has 1 amide bonds. The number of benzene rings is 2. The van der Waals surface area contributed by atoms with Crippen LogP contribution in [0.25, 0.3) is 11.4 Å². The Labute approximate surface area is 189 Å². The van der Waals surface area contributed by atoms with Crippen molar-refractivity contribution in [1.82, 2.24) is 21.0 Å². The number of anilines is 1. The Morgan fingerprint density at radius 1 is 1.26 bits per heavy atom. The van der Waals surface area contributed by atoms with Crippen molar-refractivity contribution in [2.45, 2.75) is 11.9 Å². The van der Waals surface area contributed by atoms with Crippen LogP contribution in [0.3, 0.4) is 0 Å². The van der Waals surface area contributed by atoms with Gasteiger partial charge in [0.15, 0.2) is 5.17 Å². The van der Waals surface area contributed by atoms with Gasteiger partial charge >= 0.3 is 0 Å². The molecule has 5 rings (SSSR count). The summed E-state index contributed by atoms with van der Waals surface area (Å²) in [6.07, 6.45) is -0.315. The number of carbonyl (C=O) groups is 1. The van der Waals surface area contributed by atoms with Crippen LogP contribution in [0.5, 0.6) is 0 Å². The van der Waals surface area contributed by atoms with Gasteiger partial charge in [-0.1, -0.05) is 35.1 Å². The van der Waals surface area contributed by atoms with Gasteiger partial charge in [0.05, 0.1) is 21.8 Å². The van der Waals surface area contributed by atoms with Gasteiger partial charge in [0.2, 0.25) is 17.6 Å². The van der Waals surface area contributed by atoms with Crippen LogP contribution in [0.1, 0.15) is 5.89 Å². The lowest BCUT2D eigenvalue weighted by Crippen LogP contribution is -2.49. The molecule has 2 aliphatic rings. The molecule has 0 saturated carbocycles. The van der Waals surface area contributed by atoms with Gasteiger partial charge in [-0.15, -0.1) is 0 Å². The van der Waals surface area contributed by atoms with Gasteiger partial charge in [-0.25, -0.2) is 14.8 Å². The number of hydrazine groups is 1. The number of nitrogens with zero attached hydrogens (tertiary/aromatic N) is 4. The van der Waals surface area contributed by atoms with Crippen molar-refractivity contribution in [1.29, 1.82) is 0 Å². The summed E-state index contributed by atoms with van der Waals surface area (Å²) in [6, 6.07) is 13.9. The Morgan fingerprint density at radius 2 is 2.10 bits per heavy atom. The van der Waals surface area contributed by atoms with E-state index in [1.54, 1.807) is 17.0 Å². The van der Waals surface area contributed by atoms with Crippen molar-refractivity contribution in [3.63, 3.8) is 0 Å². The van der Waals surface area contributed by atoms with E-state index in [2.05, 4.69) is 36.9 Å². The molecule has 8 nitrogen and oxygen atoms in total. The third-order valence-corrected chi connectivity index (χ3v) is 6.46. The van der Waals surface area contributed by atoms with E-state index in [0.29, 0.717) is 39.2 Å². The molecule has 0 aliphatic carbocycles. The number of aliphatic imine (C=N–C) groups is 1. The molecular weight excluding hydrogens is 487 g/mol. The fourth-order valence-electron chi connectivity index (χ4n) is 3.38. The van der Waals surface area contributed by atoms with Crippen LogP contribution < -0.4 is 15.8 Å². The molecule has 1 saturated heterocycles. The van der Waals surface area contributed by atoms with Crippen LogP contribution in [-0.4, -0.2) is 33.9 Å². The van der Waals surface area contributed by atoms with Gasteiger partial charge in [0.25, 0.3) is 0 Å². The Bertz CT molecular complexity index is 1160. The van der Waals surface area contributed by atoms with Crippen LogP contribution >= 0.6 is 27.7 Å². The zero-order chi connectivity index (χ0) is 21.4. The summed E-state index contributed by atoms with van der Waals surface area (Å²) in [5, 5.41) is 4.53. The van der Waals surface area contributed by atoms with Crippen molar-refractivity contribution in [2.24, 2.45) is 10.9 Å². The summed E-state index contributed by atoms with van der Waals surface area (Å²) in [6.45, 7) is 0.522. The number of para-hydroxylation sites is 1. The van der Waals surface area contributed by atoms with Gasteiger partial charge in [-0.05, 0) is 46.3 Å². The Hall–Kier alpha value is -2.60. The number of halogens is 2. The van der Waals surface area contributed by atoms with Crippen molar-refractivity contribution < 1.29 is 13.7 Å². The highest BCUT2D eigenvalue weighted by Crippen LogP contribution is 2.31. The number of fused-ring (bicyclic) bond motifs is 1. The zero-order valence-electron chi connectivity index (χ0n) is 16.0. The van der Waals surface area contributed by atoms with Gasteiger partial charge in [0.1, 0.15) is 12.0 Å². The first-order valence-electron chi connectivity index (χ1n) is 9.46. The molecular formula is C20H16BrFN6O2S. The van der Waals surface area contributed by atoms with Crippen LogP contribution in [0.2, 0.25) is 0 Å². The van der Waals surface area contributed by atoms with E-state index in [9.17, 15) is 9.18 Å². The maximum atomic E-state index is 13.5. The van der Waals surface area contributed by atoms with E-state index in [1.807, 2.05) is 30.3 Å². The number of aromatic nitrogens is 2. The van der Waals surface area contributed by atoms with E-state index in [0.717, 1.165) is 5.69 Å². The van der Waals surface area contributed by atoms with E-state index >= 15 is 0 Å². The molecule has 11 heteroatoms. The minimum Gasteiger partial charge on any atom is -0.338 e. The maximum absolute atomic E-state index is 13.5. The van der Waals surface area contributed by atoms with Gasteiger partial charge in [-0.3, -0.25) is 15.1 Å². The van der Waals surface area contributed by atoms with Gasteiger partial charge < -0.3 is 4.52 Å². The minimum atomic E-state index is -0.364. The first-order valence-corrected chi connectivity index (χ1v) is 11.2. The lowest BCUT2D eigenvalue weighted by Gasteiger charge is -2.32. The SMILES string of the molecule is O=C1C2CNNC2N=C(SCc2nc(-c3ccc(F)c(Br)c3)no2)N1c1ccccc1. The van der Waals surface area contributed by atoms with Crippen molar-refractivity contribution in [3.05, 3.63) is 64.7 Å². The third-order valence-electron chi connectivity index (χ3n) is 4.92. The molecule has 2 aliphatic heterocycles. The normalized spacial score (nSPS) is 20.6. The highest BCUT2D eigenvalue weighted by atomic mass is 79.9. The average molecular weight is 503 g/mol. The first kappa shape index (κ1) is 20.3. The van der Waals surface area contributed by atoms with Gasteiger partial charge in [-0.2, -0.15) is 4.98 Å². The minimum absolute atomic E-state index is 0.0198. The number of carbonyl (C=O) groups excluding carboxylic acids is 1. The number of hydrogen-bond acceptors (Lipinski definition) is 8.